The molecule has 0 aliphatic heterocycles. The minimum Gasteiger partial charge on any atom is -0.487 e. The Bertz CT molecular complexity index is 1190. The number of carbonyl (C=O) groups is 1. The van der Waals surface area contributed by atoms with Gasteiger partial charge in [0.2, 0.25) is 0 Å². The number of carbonyl (C=O) groups excluding carboxylic acids is 1. The zero-order valence-electron chi connectivity index (χ0n) is 17.3. The Labute approximate surface area is 192 Å². The minimum absolute atomic E-state index is 0.206. The number of anilines is 1. The molecule has 0 saturated heterocycles. The van der Waals surface area contributed by atoms with Crippen molar-refractivity contribution in [3.8, 4) is 16.9 Å². The summed E-state index contributed by atoms with van der Waals surface area (Å²) in [5, 5.41) is 6.00. The van der Waals surface area contributed by atoms with E-state index in [-0.39, 0.29) is 11.0 Å². The molecule has 1 amide bonds. The lowest BCUT2D eigenvalue weighted by Crippen LogP contribution is -2.34. The maximum Gasteiger partial charge on any atom is 0.257 e. The first-order valence-electron chi connectivity index (χ1n) is 10.2. The first-order valence-corrected chi connectivity index (χ1v) is 10.6. The van der Waals surface area contributed by atoms with Crippen molar-refractivity contribution in [3.05, 3.63) is 120 Å². The lowest BCUT2D eigenvalue weighted by Gasteiger charge is -2.14. The Morgan fingerprint density at radius 2 is 1.31 bits per heavy atom. The molecule has 0 spiro atoms. The second kappa shape index (κ2) is 10.4. The van der Waals surface area contributed by atoms with Crippen LogP contribution in [0.3, 0.4) is 0 Å². The van der Waals surface area contributed by atoms with Gasteiger partial charge in [-0.1, -0.05) is 84.9 Å². The molecular weight excluding hydrogens is 416 g/mol. The second-order valence-electron chi connectivity index (χ2n) is 7.12. The van der Waals surface area contributed by atoms with Gasteiger partial charge in [0.05, 0.1) is 5.69 Å². The molecule has 0 heterocycles. The fourth-order valence-electron chi connectivity index (χ4n) is 3.20. The molecule has 5 heteroatoms. The number of para-hydroxylation sites is 2. The van der Waals surface area contributed by atoms with Crippen LogP contribution in [0, 0.1) is 0 Å². The summed E-state index contributed by atoms with van der Waals surface area (Å²) in [5.74, 6) is 0.380. The topological polar surface area (TPSA) is 50.4 Å². The molecule has 0 aromatic heterocycles. The summed E-state index contributed by atoms with van der Waals surface area (Å²) in [7, 11) is 0. The summed E-state index contributed by atoms with van der Waals surface area (Å²) in [6.45, 7) is 0.437. The van der Waals surface area contributed by atoms with Crippen molar-refractivity contribution in [2.75, 3.05) is 5.32 Å². The highest BCUT2D eigenvalue weighted by molar-refractivity contribution is 7.80. The van der Waals surface area contributed by atoms with Gasteiger partial charge in [-0.3, -0.25) is 10.1 Å². The number of rotatable bonds is 6. The first kappa shape index (κ1) is 21.3. The van der Waals surface area contributed by atoms with Crippen LogP contribution in [0.25, 0.3) is 11.1 Å². The van der Waals surface area contributed by atoms with Crippen LogP contribution in [0.15, 0.2) is 109 Å². The van der Waals surface area contributed by atoms with E-state index in [2.05, 4.69) is 10.6 Å². The highest BCUT2D eigenvalue weighted by Gasteiger charge is 2.10. The third-order valence-electron chi connectivity index (χ3n) is 4.85. The number of benzene rings is 4. The molecule has 0 radical (unpaired) electrons. The van der Waals surface area contributed by atoms with Gasteiger partial charge in [-0.2, -0.15) is 0 Å². The zero-order valence-corrected chi connectivity index (χ0v) is 18.1. The predicted octanol–water partition coefficient (Wildman–Crippen LogP) is 6.06. The average molecular weight is 439 g/mol. The van der Waals surface area contributed by atoms with Crippen LogP contribution in [0.5, 0.6) is 5.75 Å². The lowest BCUT2D eigenvalue weighted by atomic mass is 10.0. The third kappa shape index (κ3) is 5.59. The molecule has 0 unspecified atom stereocenters. The Kier molecular flexibility index (Phi) is 6.90. The van der Waals surface area contributed by atoms with Crippen LogP contribution in [0.4, 0.5) is 5.69 Å². The van der Waals surface area contributed by atoms with Crippen molar-refractivity contribution in [1.82, 2.24) is 5.32 Å². The first-order chi connectivity index (χ1) is 15.7. The zero-order chi connectivity index (χ0) is 22.2. The van der Waals surface area contributed by atoms with E-state index in [1.165, 1.54) is 0 Å². The van der Waals surface area contributed by atoms with Gasteiger partial charge in [-0.15, -0.1) is 0 Å². The van der Waals surface area contributed by atoms with Crippen molar-refractivity contribution >= 4 is 28.9 Å². The number of amides is 1. The van der Waals surface area contributed by atoms with Crippen molar-refractivity contribution < 1.29 is 9.53 Å². The molecule has 158 valence electrons. The number of nitrogens with one attached hydrogen (secondary N) is 2. The van der Waals surface area contributed by atoms with Gasteiger partial charge in [-0.25, -0.2) is 0 Å². The van der Waals surface area contributed by atoms with E-state index >= 15 is 0 Å². The van der Waals surface area contributed by atoms with Crippen molar-refractivity contribution in [3.63, 3.8) is 0 Å². The highest BCUT2D eigenvalue weighted by atomic mass is 32.1. The van der Waals surface area contributed by atoms with Gasteiger partial charge in [0, 0.05) is 5.56 Å². The van der Waals surface area contributed by atoms with Crippen molar-refractivity contribution in [2.45, 2.75) is 6.61 Å². The summed E-state index contributed by atoms with van der Waals surface area (Å²) < 4.78 is 5.93. The Hall–Kier alpha value is -3.96. The van der Waals surface area contributed by atoms with E-state index in [1.54, 1.807) is 12.1 Å². The monoisotopic (exact) mass is 438 g/mol. The van der Waals surface area contributed by atoms with E-state index < -0.39 is 0 Å². The van der Waals surface area contributed by atoms with E-state index in [0.29, 0.717) is 23.6 Å². The van der Waals surface area contributed by atoms with Gasteiger partial charge < -0.3 is 10.1 Å². The van der Waals surface area contributed by atoms with Crippen LogP contribution in [-0.2, 0) is 6.61 Å². The third-order valence-corrected chi connectivity index (χ3v) is 5.06. The summed E-state index contributed by atoms with van der Waals surface area (Å²) in [4.78, 5) is 12.6. The Morgan fingerprint density at radius 3 is 2.03 bits per heavy atom. The quantitative estimate of drug-likeness (QED) is 0.359. The van der Waals surface area contributed by atoms with Gasteiger partial charge >= 0.3 is 0 Å². The van der Waals surface area contributed by atoms with Gasteiger partial charge in [-0.05, 0) is 53.2 Å². The van der Waals surface area contributed by atoms with Crippen LogP contribution in [-0.4, -0.2) is 11.0 Å². The molecule has 0 bridgehead atoms. The molecule has 0 aliphatic rings. The van der Waals surface area contributed by atoms with Gasteiger partial charge in [0.15, 0.2) is 5.11 Å². The molecule has 0 aliphatic carbocycles. The van der Waals surface area contributed by atoms with Gasteiger partial charge in [0.25, 0.3) is 5.91 Å². The normalized spacial score (nSPS) is 10.2. The molecule has 0 fully saturated rings. The van der Waals surface area contributed by atoms with Crippen molar-refractivity contribution in [2.24, 2.45) is 0 Å². The molecule has 0 atom stereocenters. The largest absolute Gasteiger partial charge is 0.487 e. The fourth-order valence-corrected chi connectivity index (χ4v) is 3.41. The second-order valence-corrected chi connectivity index (χ2v) is 7.53. The highest BCUT2D eigenvalue weighted by Crippen LogP contribution is 2.25. The van der Waals surface area contributed by atoms with E-state index in [9.17, 15) is 4.79 Å². The number of ether oxygens (including phenoxy) is 1. The summed E-state index contributed by atoms with van der Waals surface area (Å²) in [5.41, 5.74) is 4.43. The van der Waals surface area contributed by atoms with E-state index in [4.69, 9.17) is 17.0 Å². The molecule has 32 heavy (non-hydrogen) atoms. The smallest absolute Gasteiger partial charge is 0.257 e. The van der Waals surface area contributed by atoms with Crippen LogP contribution in [0.2, 0.25) is 0 Å². The number of hydrogen-bond acceptors (Lipinski definition) is 3. The van der Waals surface area contributed by atoms with E-state index in [1.807, 2.05) is 97.1 Å². The summed E-state index contributed by atoms with van der Waals surface area (Å²) in [6, 6.07) is 34.8. The Morgan fingerprint density at radius 1 is 0.719 bits per heavy atom. The summed E-state index contributed by atoms with van der Waals surface area (Å²) >= 11 is 5.35. The Balaban J connectivity index is 1.37. The molecule has 4 aromatic rings. The summed E-state index contributed by atoms with van der Waals surface area (Å²) in [6.07, 6.45) is 0. The predicted molar refractivity (Wildman–Crippen MR) is 133 cm³/mol. The minimum atomic E-state index is -0.273. The molecule has 2 N–H and O–H groups in total. The molecule has 4 rings (SSSR count). The lowest BCUT2D eigenvalue weighted by molar-refractivity contribution is 0.0977. The molecule has 0 saturated carbocycles. The van der Waals surface area contributed by atoms with Crippen LogP contribution < -0.4 is 15.4 Å². The molecule has 4 nitrogen and oxygen atoms in total. The van der Waals surface area contributed by atoms with E-state index in [0.717, 1.165) is 16.7 Å². The SMILES string of the molecule is O=C(NC(=S)Nc1ccccc1OCc1ccccc1)c1ccc(-c2ccccc2)cc1. The average Bonchev–Trinajstić information content (AvgIpc) is 2.85. The number of hydrogen-bond donors (Lipinski definition) is 2. The standard InChI is InChI=1S/C27H22N2O2S/c30-26(23-17-15-22(16-18-23)21-11-5-2-6-12-21)29-27(32)28-24-13-7-8-14-25(24)31-19-20-9-3-1-4-10-20/h1-18H,19H2,(H2,28,29,30,32). The molecule has 4 aromatic carbocycles. The molecular formula is C27H22N2O2S. The maximum atomic E-state index is 12.6. The van der Waals surface area contributed by atoms with Gasteiger partial charge in [0.1, 0.15) is 12.4 Å². The number of thiocarbonyl (C=S) groups is 1. The van der Waals surface area contributed by atoms with Crippen LogP contribution in [0.1, 0.15) is 15.9 Å². The maximum absolute atomic E-state index is 12.6. The van der Waals surface area contributed by atoms with Crippen LogP contribution >= 0.6 is 12.2 Å². The fraction of sp³-hybridized carbons (Fsp3) is 0.0370. The van der Waals surface area contributed by atoms with Crippen molar-refractivity contribution in [1.29, 1.82) is 0 Å².